The Morgan fingerprint density at radius 1 is 1.25 bits per heavy atom. The number of esters is 1. The number of carbonyl (C=O) groups is 2. The standard InChI is InChI=1S/C18H23N3O3/c1-2-24-17(23)14-15(13-9-5-3-6-10-13)19-18(20-16(14)22)21-11-7-4-8-12-21/h3,5-6,9-10,14-15H,2,4,7-8,11-12H2,1H3,(H,19,20,22)/t14-,15+/m0/s1. The van der Waals surface area contributed by atoms with Crippen LogP contribution in [0.15, 0.2) is 35.3 Å². The minimum Gasteiger partial charge on any atom is -0.465 e. The molecule has 0 aliphatic carbocycles. The molecule has 1 amide bonds. The van der Waals surface area contributed by atoms with Gasteiger partial charge in [0.15, 0.2) is 5.92 Å². The Morgan fingerprint density at radius 3 is 2.62 bits per heavy atom. The van der Waals surface area contributed by atoms with Crippen molar-refractivity contribution in [3.63, 3.8) is 0 Å². The summed E-state index contributed by atoms with van der Waals surface area (Å²) >= 11 is 0. The number of rotatable bonds is 3. The van der Waals surface area contributed by atoms with Crippen LogP contribution in [0.1, 0.15) is 37.8 Å². The first-order chi connectivity index (χ1) is 11.7. The number of aliphatic imine (C=N–C) groups is 1. The minimum atomic E-state index is -0.944. The molecule has 0 bridgehead atoms. The first-order valence-corrected chi connectivity index (χ1v) is 8.56. The van der Waals surface area contributed by atoms with Gasteiger partial charge in [-0.25, -0.2) is 4.99 Å². The van der Waals surface area contributed by atoms with Crippen molar-refractivity contribution in [3.05, 3.63) is 35.9 Å². The Morgan fingerprint density at radius 2 is 1.96 bits per heavy atom. The SMILES string of the molecule is CCOC(=O)[C@@H]1C(=O)NC(N2CCCCC2)=N[C@@H]1c1ccccc1. The lowest BCUT2D eigenvalue weighted by Gasteiger charge is -2.35. The summed E-state index contributed by atoms with van der Waals surface area (Å²) in [6.45, 7) is 3.74. The average molecular weight is 329 g/mol. The summed E-state index contributed by atoms with van der Waals surface area (Å²) in [5.41, 5.74) is 0.847. The Labute approximate surface area is 141 Å². The number of piperidine rings is 1. The van der Waals surface area contributed by atoms with E-state index in [4.69, 9.17) is 9.73 Å². The number of guanidine groups is 1. The molecule has 1 saturated heterocycles. The molecule has 1 N–H and O–H groups in total. The second kappa shape index (κ2) is 7.47. The predicted molar refractivity (Wildman–Crippen MR) is 90.3 cm³/mol. The highest BCUT2D eigenvalue weighted by molar-refractivity contribution is 6.08. The predicted octanol–water partition coefficient (Wildman–Crippen LogP) is 1.88. The van der Waals surface area contributed by atoms with Crippen LogP contribution in [0.5, 0.6) is 0 Å². The van der Waals surface area contributed by atoms with Crippen LogP contribution in [0.2, 0.25) is 0 Å². The fourth-order valence-corrected chi connectivity index (χ4v) is 3.22. The highest BCUT2D eigenvalue weighted by atomic mass is 16.5. The van der Waals surface area contributed by atoms with Gasteiger partial charge >= 0.3 is 5.97 Å². The van der Waals surface area contributed by atoms with E-state index < -0.39 is 17.9 Å². The van der Waals surface area contributed by atoms with Crippen molar-refractivity contribution in [2.75, 3.05) is 19.7 Å². The lowest BCUT2D eigenvalue weighted by atomic mass is 9.91. The van der Waals surface area contributed by atoms with Crippen LogP contribution >= 0.6 is 0 Å². The van der Waals surface area contributed by atoms with Crippen molar-refractivity contribution in [2.24, 2.45) is 10.9 Å². The van der Waals surface area contributed by atoms with E-state index in [2.05, 4.69) is 10.2 Å². The number of carbonyl (C=O) groups excluding carboxylic acids is 2. The number of hydrogen-bond acceptors (Lipinski definition) is 5. The zero-order valence-corrected chi connectivity index (χ0v) is 13.9. The number of amides is 1. The smallest absolute Gasteiger partial charge is 0.321 e. The molecule has 0 aromatic heterocycles. The lowest BCUT2D eigenvalue weighted by Crippen LogP contribution is -2.53. The quantitative estimate of drug-likeness (QED) is 0.679. The van der Waals surface area contributed by atoms with Crippen LogP contribution in [0, 0.1) is 5.92 Å². The van der Waals surface area contributed by atoms with Crippen molar-refractivity contribution < 1.29 is 14.3 Å². The highest BCUT2D eigenvalue weighted by Crippen LogP contribution is 2.31. The second-order valence-electron chi connectivity index (χ2n) is 6.07. The summed E-state index contributed by atoms with van der Waals surface area (Å²) in [6.07, 6.45) is 3.38. The third kappa shape index (κ3) is 3.42. The van der Waals surface area contributed by atoms with E-state index in [0.717, 1.165) is 31.5 Å². The number of likely N-dealkylation sites (tertiary alicyclic amines) is 1. The zero-order chi connectivity index (χ0) is 16.9. The van der Waals surface area contributed by atoms with Crippen molar-refractivity contribution in [2.45, 2.75) is 32.2 Å². The molecule has 2 aliphatic heterocycles. The summed E-state index contributed by atoms with van der Waals surface area (Å²) in [5, 5.41) is 2.81. The van der Waals surface area contributed by atoms with Crippen LogP contribution < -0.4 is 5.32 Å². The number of nitrogens with one attached hydrogen (secondary N) is 1. The van der Waals surface area contributed by atoms with Crippen molar-refractivity contribution in [3.8, 4) is 0 Å². The first-order valence-electron chi connectivity index (χ1n) is 8.56. The maximum Gasteiger partial charge on any atom is 0.321 e. The molecule has 2 heterocycles. The monoisotopic (exact) mass is 329 g/mol. The van der Waals surface area contributed by atoms with Crippen LogP contribution in [-0.2, 0) is 14.3 Å². The van der Waals surface area contributed by atoms with Gasteiger partial charge in [0, 0.05) is 13.1 Å². The molecule has 24 heavy (non-hydrogen) atoms. The van der Waals surface area contributed by atoms with Crippen LogP contribution in [0.3, 0.4) is 0 Å². The van der Waals surface area contributed by atoms with Gasteiger partial charge in [0.2, 0.25) is 11.9 Å². The molecule has 1 aromatic rings. The molecule has 3 rings (SSSR count). The van der Waals surface area contributed by atoms with E-state index in [1.54, 1.807) is 6.92 Å². The van der Waals surface area contributed by atoms with Crippen LogP contribution in [-0.4, -0.2) is 42.4 Å². The average Bonchev–Trinajstić information content (AvgIpc) is 2.62. The molecule has 0 unspecified atom stereocenters. The fraction of sp³-hybridized carbons (Fsp3) is 0.500. The van der Waals surface area contributed by atoms with Gasteiger partial charge in [-0.2, -0.15) is 0 Å². The van der Waals surface area contributed by atoms with Crippen molar-refractivity contribution in [1.82, 2.24) is 10.2 Å². The molecular formula is C18H23N3O3. The summed E-state index contributed by atoms with van der Waals surface area (Å²) in [6, 6.07) is 8.93. The summed E-state index contributed by atoms with van der Waals surface area (Å²) in [7, 11) is 0. The largest absolute Gasteiger partial charge is 0.465 e. The molecule has 0 saturated carbocycles. The maximum absolute atomic E-state index is 12.6. The summed E-state index contributed by atoms with van der Waals surface area (Å²) in [5.74, 6) is -1.22. The fourth-order valence-electron chi connectivity index (χ4n) is 3.22. The van der Waals surface area contributed by atoms with E-state index in [0.29, 0.717) is 5.96 Å². The molecular weight excluding hydrogens is 306 g/mol. The molecule has 2 atom stereocenters. The third-order valence-corrected chi connectivity index (χ3v) is 4.43. The molecule has 0 spiro atoms. The number of nitrogens with zero attached hydrogens (tertiary/aromatic N) is 2. The lowest BCUT2D eigenvalue weighted by molar-refractivity contribution is -0.153. The van der Waals surface area contributed by atoms with Crippen LogP contribution in [0.4, 0.5) is 0 Å². The molecule has 1 aromatic carbocycles. The summed E-state index contributed by atoms with van der Waals surface area (Å²) < 4.78 is 5.10. The van der Waals surface area contributed by atoms with E-state index in [9.17, 15) is 9.59 Å². The normalized spacial score (nSPS) is 24.1. The zero-order valence-electron chi connectivity index (χ0n) is 13.9. The molecule has 1 fully saturated rings. The van der Waals surface area contributed by atoms with E-state index in [1.807, 2.05) is 30.3 Å². The first kappa shape index (κ1) is 16.5. The Hall–Kier alpha value is -2.37. The van der Waals surface area contributed by atoms with Gasteiger partial charge in [0.05, 0.1) is 6.61 Å². The topological polar surface area (TPSA) is 71.0 Å². The highest BCUT2D eigenvalue weighted by Gasteiger charge is 2.41. The minimum absolute atomic E-state index is 0.243. The van der Waals surface area contributed by atoms with E-state index in [-0.39, 0.29) is 12.5 Å². The van der Waals surface area contributed by atoms with E-state index >= 15 is 0 Å². The third-order valence-electron chi connectivity index (χ3n) is 4.43. The van der Waals surface area contributed by atoms with Gasteiger partial charge in [0.25, 0.3) is 0 Å². The number of ether oxygens (including phenoxy) is 1. The molecule has 128 valence electrons. The van der Waals surface area contributed by atoms with Gasteiger partial charge < -0.3 is 9.64 Å². The Kier molecular flexibility index (Phi) is 5.13. The number of benzene rings is 1. The van der Waals surface area contributed by atoms with Crippen molar-refractivity contribution >= 4 is 17.8 Å². The van der Waals surface area contributed by atoms with Gasteiger partial charge in [-0.05, 0) is 31.7 Å². The van der Waals surface area contributed by atoms with Gasteiger partial charge in [-0.1, -0.05) is 30.3 Å². The van der Waals surface area contributed by atoms with Gasteiger partial charge in [-0.3, -0.25) is 14.9 Å². The second-order valence-corrected chi connectivity index (χ2v) is 6.07. The van der Waals surface area contributed by atoms with Crippen LogP contribution in [0.25, 0.3) is 0 Å². The van der Waals surface area contributed by atoms with E-state index in [1.165, 1.54) is 6.42 Å². The van der Waals surface area contributed by atoms with Gasteiger partial charge in [0.1, 0.15) is 6.04 Å². The Balaban J connectivity index is 1.94. The van der Waals surface area contributed by atoms with Crippen molar-refractivity contribution in [1.29, 1.82) is 0 Å². The number of hydrogen-bond donors (Lipinski definition) is 1. The van der Waals surface area contributed by atoms with Gasteiger partial charge in [-0.15, -0.1) is 0 Å². The molecule has 0 radical (unpaired) electrons. The molecule has 6 nitrogen and oxygen atoms in total. The summed E-state index contributed by atoms with van der Waals surface area (Å²) in [4.78, 5) is 31.8. The maximum atomic E-state index is 12.6. The Bertz CT molecular complexity index is 624. The molecule has 2 aliphatic rings. The molecule has 6 heteroatoms.